The lowest BCUT2D eigenvalue weighted by Crippen LogP contribution is -2.11. The van der Waals surface area contributed by atoms with E-state index in [4.69, 9.17) is 10.3 Å². The largest absolute Gasteiger partial charge is 0.366 e. The predicted octanol–water partition coefficient (Wildman–Crippen LogP) is 3.29. The molecule has 1 amide bonds. The predicted molar refractivity (Wildman–Crippen MR) is 87.5 cm³/mol. The van der Waals surface area contributed by atoms with Crippen LogP contribution in [0.2, 0.25) is 0 Å². The van der Waals surface area contributed by atoms with Crippen LogP contribution >= 0.6 is 27.3 Å². The molecule has 0 spiro atoms. The number of rotatable bonds is 3. The maximum atomic E-state index is 12.4. The summed E-state index contributed by atoms with van der Waals surface area (Å²) in [7, 11) is -3.98. The molecule has 0 bridgehead atoms. The molecule has 22 heavy (non-hydrogen) atoms. The van der Waals surface area contributed by atoms with Crippen LogP contribution in [0, 0.1) is 5.82 Å². The van der Waals surface area contributed by atoms with E-state index >= 15 is 0 Å². The minimum absolute atomic E-state index is 0.284. The Morgan fingerprint density at radius 3 is 2.50 bits per heavy atom. The van der Waals surface area contributed by atoms with Gasteiger partial charge in [-0.3, -0.25) is 9.35 Å². The number of hydrogen-bond acceptors (Lipinski definition) is 4. The van der Waals surface area contributed by atoms with Crippen LogP contribution in [0.25, 0.3) is 6.08 Å². The average molecular weight is 408 g/mol. The molecule has 1 aromatic carbocycles. The molecule has 5 nitrogen and oxygen atoms in total. The molecule has 0 aliphatic carbocycles. The third kappa shape index (κ3) is 6.94. The summed E-state index contributed by atoms with van der Waals surface area (Å²) in [5.74, 6) is -0.973. The van der Waals surface area contributed by atoms with E-state index in [0.29, 0.717) is 4.47 Å². The van der Waals surface area contributed by atoms with E-state index in [0.717, 1.165) is 11.0 Å². The van der Waals surface area contributed by atoms with E-state index in [2.05, 4.69) is 15.9 Å². The van der Waals surface area contributed by atoms with Crippen molar-refractivity contribution in [1.82, 2.24) is 0 Å². The van der Waals surface area contributed by atoms with Crippen LogP contribution in [0.3, 0.4) is 0 Å². The molecular weight excluding hydrogens is 397 g/mol. The molecule has 1 aromatic heterocycles. The Bertz CT molecular complexity index is 773. The molecule has 118 valence electrons. The van der Waals surface area contributed by atoms with E-state index in [1.807, 2.05) is 5.38 Å². The smallest absolute Gasteiger partial charge is 0.287 e. The fraction of sp³-hybridized carbons (Fsp3) is 0. The van der Waals surface area contributed by atoms with Crippen LogP contribution in [-0.4, -0.2) is 18.9 Å². The molecule has 3 N–H and O–H groups in total. The topological polar surface area (TPSA) is 97.5 Å². The van der Waals surface area contributed by atoms with Gasteiger partial charge in [0.05, 0.1) is 11.0 Å². The highest BCUT2D eigenvalue weighted by atomic mass is 79.9. The third-order valence-corrected chi connectivity index (χ3v) is 4.01. The monoisotopic (exact) mass is 407 g/mol. The van der Waals surface area contributed by atoms with Crippen molar-refractivity contribution in [3.05, 3.63) is 61.9 Å². The second kappa shape index (κ2) is 8.18. The van der Waals surface area contributed by atoms with Gasteiger partial charge in [0.15, 0.2) is 0 Å². The second-order valence-electron chi connectivity index (χ2n) is 3.86. The number of primary amides is 1. The van der Waals surface area contributed by atoms with Crippen LogP contribution in [0.4, 0.5) is 4.39 Å². The summed E-state index contributed by atoms with van der Waals surface area (Å²) in [5.41, 5.74) is 6.03. The zero-order chi connectivity index (χ0) is 16.8. The molecule has 0 atom stereocenters. The van der Waals surface area contributed by atoms with E-state index in [1.54, 1.807) is 11.4 Å². The summed E-state index contributed by atoms with van der Waals surface area (Å²) in [6.07, 6.45) is 1.34. The highest BCUT2D eigenvalue weighted by Crippen LogP contribution is 2.16. The number of benzene rings is 1. The highest BCUT2D eigenvalue weighted by molar-refractivity contribution is 9.10. The number of carbonyl (C=O) groups excluding carboxylic acids is 1. The molecule has 0 saturated carbocycles. The molecule has 1 heterocycles. The summed E-state index contributed by atoms with van der Waals surface area (Å²) < 4.78 is 41.5. The van der Waals surface area contributed by atoms with Crippen molar-refractivity contribution in [2.24, 2.45) is 5.73 Å². The standard InChI is InChI=1S/C7H5BrFNO.C6H6O3S2/c8-6-3-4(9)1-2-5(6)7(10)11;7-11(8,9)4-2-6-1-3-10-5-6/h1-3H,(H2,10,11);1-5H,(H,7,8,9). The molecule has 0 radical (unpaired) electrons. The van der Waals surface area contributed by atoms with Crippen LogP contribution in [0.15, 0.2) is 44.9 Å². The first-order valence-corrected chi connectivity index (χ1v) is 8.85. The van der Waals surface area contributed by atoms with Gasteiger partial charge in [-0.25, -0.2) is 4.39 Å². The van der Waals surface area contributed by atoms with Crippen LogP contribution in [0.5, 0.6) is 0 Å². The number of carbonyl (C=O) groups is 1. The highest BCUT2D eigenvalue weighted by Gasteiger charge is 2.05. The first-order chi connectivity index (χ1) is 10.2. The van der Waals surface area contributed by atoms with E-state index in [1.165, 1.54) is 35.6 Å². The van der Waals surface area contributed by atoms with Crippen molar-refractivity contribution in [1.29, 1.82) is 0 Å². The SMILES string of the molecule is NC(=O)c1ccc(F)cc1Br.O=S(=O)(O)C=Cc1ccsc1. The molecule has 0 aliphatic rings. The van der Waals surface area contributed by atoms with E-state index in [-0.39, 0.29) is 5.56 Å². The van der Waals surface area contributed by atoms with Crippen LogP contribution in [0.1, 0.15) is 15.9 Å². The summed E-state index contributed by atoms with van der Waals surface area (Å²) in [4.78, 5) is 10.6. The lowest BCUT2D eigenvalue weighted by atomic mass is 10.2. The van der Waals surface area contributed by atoms with Crippen LogP contribution < -0.4 is 5.73 Å². The first kappa shape index (κ1) is 18.5. The van der Waals surface area contributed by atoms with Crippen molar-refractivity contribution >= 4 is 49.4 Å². The van der Waals surface area contributed by atoms with Gasteiger partial charge in [0.1, 0.15) is 5.82 Å². The minimum atomic E-state index is -3.98. The summed E-state index contributed by atoms with van der Waals surface area (Å²) in [6.45, 7) is 0. The fourth-order valence-electron chi connectivity index (χ4n) is 1.22. The Balaban J connectivity index is 0.000000220. The minimum Gasteiger partial charge on any atom is -0.366 e. The van der Waals surface area contributed by atoms with Crippen molar-refractivity contribution in [3.8, 4) is 0 Å². The van der Waals surface area contributed by atoms with Gasteiger partial charge in [0.2, 0.25) is 5.91 Å². The van der Waals surface area contributed by atoms with Gasteiger partial charge in [-0.2, -0.15) is 19.8 Å². The van der Waals surface area contributed by atoms with Gasteiger partial charge in [-0.05, 0) is 62.6 Å². The molecule has 2 aromatic rings. The first-order valence-electron chi connectivity index (χ1n) is 5.61. The molecular formula is C13H11BrFNO4S2. The zero-order valence-electron chi connectivity index (χ0n) is 10.9. The maximum absolute atomic E-state index is 12.4. The van der Waals surface area contributed by atoms with E-state index in [9.17, 15) is 17.6 Å². The summed E-state index contributed by atoms with van der Waals surface area (Å²) in [5, 5.41) is 4.36. The lowest BCUT2D eigenvalue weighted by Gasteiger charge is -1.97. The number of amides is 1. The zero-order valence-corrected chi connectivity index (χ0v) is 14.2. The van der Waals surface area contributed by atoms with E-state index < -0.39 is 21.8 Å². The van der Waals surface area contributed by atoms with Crippen LogP contribution in [-0.2, 0) is 10.1 Å². The molecule has 2 rings (SSSR count). The quantitative estimate of drug-likeness (QED) is 0.762. The number of nitrogens with two attached hydrogens (primary N) is 1. The summed E-state index contributed by atoms with van der Waals surface area (Å²) in [6, 6.07) is 5.47. The average Bonchev–Trinajstić information content (AvgIpc) is 2.89. The van der Waals surface area contributed by atoms with Crippen molar-refractivity contribution in [3.63, 3.8) is 0 Å². The molecule has 0 fully saturated rings. The van der Waals surface area contributed by atoms with Gasteiger partial charge in [-0.1, -0.05) is 0 Å². The van der Waals surface area contributed by atoms with Gasteiger partial charge in [0.25, 0.3) is 10.1 Å². The Labute approximate surface area is 139 Å². The second-order valence-corrected chi connectivity index (χ2v) is 6.80. The van der Waals surface area contributed by atoms with Gasteiger partial charge in [-0.15, -0.1) is 0 Å². The number of halogens is 2. The molecule has 0 aliphatic heterocycles. The van der Waals surface area contributed by atoms with Gasteiger partial charge >= 0.3 is 0 Å². The number of thiophene rings is 1. The lowest BCUT2D eigenvalue weighted by molar-refractivity contribution is 0.0999. The van der Waals surface area contributed by atoms with Crippen molar-refractivity contribution < 1.29 is 22.2 Å². The Morgan fingerprint density at radius 2 is 2.05 bits per heavy atom. The number of hydrogen-bond donors (Lipinski definition) is 2. The summed E-state index contributed by atoms with van der Waals surface area (Å²) >= 11 is 4.47. The Kier molecular flexibility index (Phi) is 6.88. The maximum Gasteiger partial charge on any atom is 0.287 e. The third-order valence-electron chi connectivity index (χ3n) is 2.17. The van der Waals surface area contributed by atoms with Crippen molar-refractivity contribution in [2.45, 2.75) is 0 Å². The Morgan fingerprint density at radius 1 is 1.36 bits per heavy atom. The molecule has 9 heteroatoms. The fourth-order valence-corrected chi connectivity index (χ4v) is 2.73. The molecule has 0 saturated heterocycles. The Hall–Kier alpha value is -1.55. The van der Waals surface area contributed by atoms with Gasteiger partial charge in [0, 0.05) is 4.47 Å². The normalized spacial score (nSPS) is 11.0. The van der Waals surface area contributed by atoms with Gasteiger partial charge < -0.3 is 5.73 Å². The van der Waals surface area contributed by atoms with Crippen molar-refractivity contribution in [2.75, 3.05) is 0 Å². The molecule has 0 unspecified atom stereocenters.